The second-order valence-corrected chi connectivity index (χ2v) is 13.0. The summed E-state index contributed by atoms with van der Waals surface area (Å²) in [7, 11) is -2.05. The summed E-state index contributed by atoms with van der Waals surface area (Å²) >= 11 is 0. The Morgan fingerprint density at radius 1 is 0.561 bits per heavy atom. The molecule has 0 saturated carbocycles. The third kappa shape index (κ3) is 11.0. The van der Waals surface area contributed by atoms with Crippen molar-refractivity contribution in [3.8, 4) is 0 Å². The van der Waals surface area contributed by atoms with Crippen LogP contribution in [-0.4, -0.2) is 26.5 Å². The number of allylic oxidation sites excluding steroid dienone is 4. The van der Waals surface area contributed by atoms with Crippen molar-refractivity contribution in [2.45, 2.75) is 0 Å². The molecule has 1 heterocycles. The number of hydrogen-bond acceptors (Lipinski definition) is 3. The summed E-state index contributed by atoms with van der Waals surface area (Å²) in [5, 5.41) is 10.8. The predicted octanol–water partition coefficient (Wildman–Crippen LogP) is 5.56. The van der Waals surface area contributed by atoms with Crippen LogP contribution in [0, 0.1) is 0 Å². The molecule has 0 atom stereocenters. The maximum Gasteiger partial charge on any atom is 0.101 e. The molecule has 0 unspecified atom stereocenters. The summed E-state index contributed by atoms with van der Waals surface area (Å²) in [6.45, 7) is 9.75. The predicted molar refractivity (Wildman–Crippen MR) is 175 cm³/mol. The number of nitrogens with zero attached hydrogens (tertiary/aromatic N) is 1. The first-order valence-corrected chi connectivity index (χ1v) is 15.6. The van der Waals surface area contributed by atoms with Gasteiger partial charge in [-0.1, -0.05) is 91.0 Å². The van der Waals surface area contributed by atoms with E-state index >= 15 is 0 Å². The van der Waals surface area contributed by atoms with E-state index < -0.39 is 15.8 Å². The van der Waals surface area contributed by atoms with Gasteiger partial charge in [0.2, 0.25) is 0 Å². The van der Waals surface area contributed by atoms with Gasteiger partial charge in [-0.15, -0.1) is 11.4 Å². The SMILES string of the molecule is C1=CC(=C[PH+](c2ccccc2)c2ccccc2)[N-]C(C[PH+](c2ccccc2)c2ccccc2)=C1.[CH-]=O.[CH-]=O.[CH-]=O.[Mn]. The van der Waals surface area contributed by atoms with E-state index in [4.69, 9.17) is 19.7 Å². The molecule has 0 amide bonds. The molecule has 4 nitrogen and oxygen atoms in total. The Hall–Kier alpha value is -3.71. The molecule has 1 radical (unpaired) electrons. The zero-order valence-electron chi connectivity index (χ0n) is 22.3. The van der Waals surface area contributed by atoms with Crippen molar-refractivity contribution in [3.63, 3.8) is 0 Å². The first-order valence-electron chi connectivity index (χ1n) is 12.3. The van der Waals surface area contributed by atoms with Crippen LogP contribution in [0.15, 0.2) is 157 Å². The minimum atomic E-state index is -1.08. The minimum Gasteiger partial charge on any atom is -0.656 e. The third-order valence-corrected chi connectivity index (χ3v) is 11.2. The minimum absolute atomic E-state index is 0. The summed E-state index contributed by atoms with van der Waals surface area (Å²) in [5.41, 5.74) is 2.24. The van der Waals surface area contributed by atoms with Crippen molar-refractivity contribution in [3.05, 3.63) is 162 Å². The van der Waals surface area contributed by atoms with Gasteiger partial charge < -0.3 is 19.7 Å². The van der Waals surface area contributed by atoms with Gasteiger partial charge in [0.25, 0.3) is 0 Å². The first kappa shape index (κ1) is 35.3. The average molecular weight is 619 g/mol. The molecule has 0 spiro atoms. The second kappa shape index (κ2) is 21.1. The van der Waals surface area contributed by atoms with Crippen molar-refractivity contribution >= 4 is 57.4 Å². The first-order chi connectivity index (χ1) is 19.9. The van der Waals surface area contributed by atoms with Gasteiger partial charge in [0.15, 0.2) is 0 Å². The van der Waals surface area contributed by atoms with E-state index in [2.05, 4.69) is 166 Å². The number of hydrogen-bond donors (Lipinski definition) is 0. The zero-order chi connectivity index (χ0) is 29.0. The van der Waals surface area contributed by atoms with Crippen LogP contribution in [0.25, 0.3) is 5.32 Å². The summed E-state index contributed by atoms with van der Waals surface area (Å²) < 4.78 is 0. The monoisotopic (exact) mass is 618 g/mol. The summed E-state index contributed by atoms with van der Waals surface area (Å²) in [4.78, 5) is 23.2. The fourth-order valence-corrected chi connectivity index (χ4v) is 8.94. The van der Waals surface area contributed by atoms with Crippen LogP contribution < -0.4 is 21.2 Å². The van der Waals surface area contributed by atoms with Crippen LogP contribution in [0.2, 0.25) is 0 Å². The van der Waals surface area contributed by atoms with Gasteiger partial charge in [-0.2, -0.15) is 0 Å². The van der Waals surface area contributed by atoms with E-state index in [-0.39, 0.29) is 17.1 Å². The maximum atomic E-state index is 7.75. The average Bonchev–Trinajstić information content (AvgIpc) is 3.07. The van der Waals surface area contributed by atoms with Crippen molar-refractivity contribution in [1.29, 1.82) is 0 Å². The van der Waals surface area contributed by atoms with Crippen LogP contribution in [0.1, 0.15) is 0 Å². The van der Waals surface area contributed by atoms with Crippen LogP contribution in [-0.2, 0) is 31.5 Å². The van der Waals surface area contributed by atoms with Gasteiger partial charge in [0.1, 0.15) is 10.6 Å². The molecule has 0 aliphatic carbocycles. The second-order valence-electron chi connectivity index (χ2n) is 8.23. The largest absolute Gasteiger partial charge is 0.656 e. The van der Waals surface area contributed by atoms with Crippen molar-refractivity contribution < 1.29 is 31.5 Å². The molecule has 4 aromatic carbocycles. The summed E-state index contributed by atoms with van der Waals surface area (Å²) in [6, 6.07) is 43.5. The van der Waals surface area contributed by atoms with Crippen LogP contribution >= 0.6 is 15.8 Å². The van der Waals surface area contributed by atoms with E-state index in [0.29, 0.717) is 0 Å². The summed E-state index contributed by atoms with van der Waals surface area (Å²) in [5.74, 6) is 2.40. The van der Waals surface area contributed by atoms with Gasteiger partial charge >= 0.3 is 0 Å². The Kier molecular flexibility index (Phi) is 18.2. The molecule has 0 N–H and O–H groups in total. The maximum absolute atomic E-state index is 7.75. The molecule has 41 heavy (non-hydrogen) atoms. The fraction of sp³-hybridized carbons (Fsp3) is 0.0294. The van der Waals surface area contributed by atoms with E-state index in [0.717, 1.165) is 17.6 Å². The fourth-order valence-electron chi connectivity index (χ4n) is 4.22. The Morgan fingerprint density at radius 2 is 0.927 bits per heavy atom. The van der Waals surface area contributed by atoms with Gasteiger partial charge in [0, 0.05) is 17.1 Å². The molecule has 7 heteroatoms. The van der Waals surface area contributed by atoms with Gasteiger partial charge in [-0.25, -0.2) is 0 Å². The van der Waals surface area contributed by atoms with Crippen molar-refractivity contribution in [2.24, 2.45) is 0 Å². The van der Waals surface area contributed by atoms with Gasteiger partial charge in [0.05, 0.1) is 38.4 Å². The molecule has 1 aliphatic rings. The third-order valence-electron chi connectivity index (χ3n) is 5.89. The Morgan fingerprint density at radius 3 is 1.32 bits per heavy atom. The van der Waals surface area contributed by atoms with E-state index in [1.54, 1.807) is 0 Å². The normalized spacial score (nSPS) is 12.1. The summed E-state index contributed by atoms with van der Waals surface area (Å²) in [6.07, 6.45) is 7.47. The van der Waals surface area contributed by atoms with Gasteiger partial charge in [-0.3, -0.25) is 20.4 Å². The topological polar surface area (TPSA) is 65.3 Å². The Balaban J connectivity index is 0.00000113. The zero-order valence-corrected chi connectivity index (χ0v) is 25.5. The molecule has 1 aliphatic heterocycles. The molecule has 0 bridgehead atoms. The quantitative estimate of drug-likeness (QED) is 0.118. The number of rotatable bonds is 7. The van der Waals surface area contributed by atoms with Crippen molar-refractivity contribution in [2.75, 3.05) is 6.16 Å². The number of benzene rings is 4. The molecule has 5 rings (SSSR count). The smallest absolute Gasteiger partial charge is 0.101 e. The molecule has 4 aromatic rings. The molecule has 209 valence electrons. The van der Waals surface area contributed by atoms with E-state index in [1.165, 1.54) is 21.2 Å². The van der Waals surface area contributed by atoms with Crippen LogP contribution in [0.4, 0.5) is 0 Å². The Bertz CT molecular complexity index is 1270. The standard InChI is InChI=1S/C31H26NP2.3CHO.Mn/c1-5-16-28(17-6-1)33(29-18-7-2-8-19-29)24-26-14-13-15-27(32-26)25-34(30-20-9-3-10-21-30)31-22-11-4-12-23-31;3*1-2;/h1-24H,25H2;3*1H;/q4*-1;/p+2. The molecule has 0 fully saturated rings. The molecule has 0 aromatic heterocycles. The molecule has 0 saturated heterocycles. The van der Waals surface area contributed by atoms with Gasteiger partial charge in [-0.05, 0) is 48.5 Å². The van der Waals surface area contributed by atoms with E-state index in [1.807, 2.05) is 0 Å². The molecular formula is C34H31MnNO3P2-2. The molecular weight excluding hydrogens is 587 g/mol. The number of carbonyl (C=O) groups excluding carboxylic acids is 3. The van der Waals surface area contributed by atoms with Crippen LogP contribution in [0.5, 0.6) is 0 Å². The van der Waals surface area contributed by atoms with E-state index in [9.17, 15) is 0 Å². The Labute approximate surface area is 256 Å². The van der Waals surface area contributed by atoms with Crippen LogP contribution in [0.3, 0.4) is 0 Å². The van der Waals surface area contributed by atoms with Crippen molar-refractivity contribution in [1.82, 2.24) is 0 Å².